The van der Waals surface area contributed by atoms with Crippen molar-refractivity contribution in [3.05, 3.63) is 0 Å². The molecule has 3 radical (unpaired) electrons. The molecule has 0 aromatic heterocycles. The average Bonchev–Trinajstić information content (AvgIpc) is 2.96. The van der Waals surface area contributed by atoms with Gasteiger partial charge < -0.3 is 0 Å². The summed E-state index contributed by atoms with van der Waals surface area (Å²) in [5.74, 6) is 0. The van der Waals surface area contributed by atoms with Gasteiger partial charge in [-0.3, -0.25) is 0 Å². The van der Waals surface area contributed by atoms with E-state index >= 15 is 0 Å². The van der Waals surface area contributed by atoms with Crippen LogP contribution in [0.4, 0.5) is 0 Å². The molecule has 0 heterocycles. The van der Waals surface area contributed by atoms with Crippen molar-refractivity contribution in [2.24, 2.45) is 0 Å². The topological polar surface area (TPSA) is 0 Å². The summed E-state index contributed by atoms with van der Waals surface area (Å²) in [5, 5.41) is 0. The first-order valence-electron chi connectivity index (χ1n) is 18.5. The van der Waals surface area contributed by atoms with Gasteiger partial charge in [0.1, 0.15) is 0 Å². The van der Waals surface area contributed by atoms with Crippen molar-refractivity contribution < 1.29 is 0 Å². The Bertz CT molecular complexity index is 273. The molecule has 0 aliphatic heterocycles. The van der Waals surface area contributed by atoms with Crippen LogP contribution in [-0.2, 0) is 0 Å². The summed E-state index contributed by atoms with van der Waals surface area (Å²) in [6.07, 6.45) is 26.5. The average molecular weight is 870 g/mol. The molecule has 3 heteroatoms. The summed E-state index contributed by atoms with van der Waals surface area (Å²) in [6, 6.07) is 0. The molecular formula is C36H81Sn3. The van der Waals surface area contributed by atoms with Gasteiger partial charge in [0.15, 0.2) is 0 Å². The molecule has 0 N–H and O–H groups in total. The van der Waals surface area contributed by atoms with Crippen molar-refractivity contribution in [1.82, 2.24) is 0 Å². The second-order valence-corrected chi connectivity index (χ2v) is 37.9. The molecule has 0 nitrogen and oxygen atoms in total. The predicted molar refractivity (Wildman–Crippen MR) is 195 cm³/mol. The quantitative estimate of drug-likeness (QED) is 0.0722. The Labute approximate surface area is 274 Å². The zero-order valence-corrected chi connectivity index (χ0v) is 38.2. The summed E-state index contributed by atoms with van der Waals surface area (Å²) < 4.78 is 15.1. The molecule has 0 aliphatic rings. The zero-order valence-electron chi connectivity index (χ0n) is 29.6. The fraction of sp³-hybridized carbons (Fsp3) is 1.00. The molecule has 0 aromatic rings. The van der Waals surface area contributed by atoms with E-state index in [-0.39, 0.29) is 0 Å². The molecule has 0 aliphatic carbocycles. The van der Waals surface area contributed by atoms with E-state index in [0.717, 1.165) is 0 Å². The summed E-state index contributed by atoms with van der Waals surface area (Å²) in [4.78, 5) is 0. The predicted octanol–water partition coefficient (Wildman–Crippen LogP) is 14.6. The van der Waals surface area contributed by atoms with Gasteiger partial charge in [0.05, 0.1) is 0 Å². The molecule has 0 aromatic carbocycles. The maximum absolute atomic E-state index is 2.33. The van der Waals surface area contributed by atoms with E-state index in [1.165, 1.54) is 116 Å². The molecule has 237 valence electrons. The van der Waals surface area contributed by atoms with Crippen LogP contribution in [0.3, 0.4) is 0 Å². The van der Waals surface area contributed by atoms with Crippen LogP contribution in [0.15, 0.2) is 0 Å². The third-order valence-electron chi connectivity index (χ3n) is 7.95. The number of rotatable bonds is 27. The van der Waals surface area contributed by atoms with E-state index < -0.39 is 59.3 Å². The molecule has 0 rings (SSSR count). The molecule has 0 unspecified atom stereocenters. The van der Waals surface area contributed by atoms with Gasteiger partial charge in [-0.05, 0) is 0 Å². The monoisotopic (exact) mass is 873 g/mol. The SMILES string of the molecule is CCC[CH2][Sn]([CH2]CCC)[CH2]CCC.CCC[CH2][Sn]([CH2]CCC)[CH2]CCC.CCC[CH2][Sn]([CH2]CCC)[CH2]CCC. The van der Waals surface area contributed by atoms with Gasteiger partial charge in [0.25, 0.3) is 0 Å². The van der Waals surface area contributed by atoms with Crippen LogP contribution in [0.2, 0.25) is 39.9 Å². The molecule has 0 fully saturated rings. The summed E-state index contributed by atoms with van der Waals surface area (Å²) in [5.41, 5.74) is 0. The maximum atomic E-state index is 2.33. The second-order valence-electron chi connectivity index (χ2n) is 12.2. The summed E-state index contributed by atoms with van der Waals surface area (Å²) in [6.45, 7) is 21.0. The first kappa shape index (κ1) is 45.8. The van der Waals surface area contributed by atoms with Crippen molar-refractivity contribution in [1.29, 1.82) is 0 Å². The van der Waals surface area contributed by atoms with Gasteiger partial charge in [-0.15, -0.1) is 0 Å². The van der Waals surface area contributed by atoms with Gasteiger partial charge in [-0.1, -0.05) is 0 Å². The van der Waals surface area contributed by atoms with Crippen molar-refractivity contribution in [2.45, 2.75) is 218 Å². The molecule has 0 amide bonds. The Balaban J connectivity index is -0.000000498. The fourth-order valence-electron chi connectivity index (χ4n) is 4.97. The van der Waals surface area contributed by atoms with E-state index in [9.17, 15) is 0 Å². The Morgan fingerprint density at radius 3 is 0.385 bits per heavy atom. The van der Waals surface area contributed by atoms with Crippen molar-refractivity contribution >= 4 is 59.3 Å². The van der Waals surface area contributed by atoms with Gasteiger partial charge in [0, 0.05) is 0 Å². The van der Waals surface area contributed by atoms with Gasteiger partial charge in [0.2, 0.25) is 0 Å². The van der Waals surface area contributed by atoms with Crippen LogP contribution in [0.5, 0.6) is 0 Å². The molecule has 0 saturated carbocycles. The molecule has 0 atom stereocenters. The Kier molecular flexibility index (Phi) is 50.0. The Hall–Kier alpha value is 2.40. The van der Waals surface area contributed by atoms with Crippen molar-refractivity contribution in [3.63, 3.8) is 0 Å². The molecule has 0 saturated heterocycles. The minimum atomic E-state index is -0.839. The summed E-state index contributed by atoms with van der Waals surface area (Å²) in [7, 11) is 0. The van der Waals surface area contributed by atoms with Crippen LogP contribution in [0, 0.1) is 0 Å². The van der Waals surface area contributed by atoms with Crippen LogP contribution in [0.1, 0.15) is 178 Å². The molecule has 39 heavy (non-hydrogen) atoms. The normalized spacial score (nSPS) is 11.1. The zero-order chi connectivity index (χ0) is 29.8. The summed E-state index contributed by atoms with van der Waals surface area (Å²) >= 11 is -2.52. The van der Waals surface area contributed by atoms with Crippen molar-refractivity contribution in [3.8, 4) is 0 Å². The molecule has 0 bridgehead atoms. The van der Waals surface area contributed by atoms with E-state index in [1.54, 1.807) is 39.9 Å². The van der Waals surface area contributed by atoms with Gasteiger partial charge in [-0.25, -0.2) is 0 Å². The Morgan fingerprint density at radius 1 is 0.205 bits per heavy atom. The van der Waals surface area contributed by atoms with E-state index in [4.69, 9.17) is 0 Å². The number of hydrogen-bond acceptors (Lipinski definition) is 0. The molecule has 0 spiro atoms. The fourth-order valence-corrected chi connectivity index (χ4v) is 33.3. The van der Waals surface area contributed by atoms with Crippen molar-refractivity contribution in [2.75, 3.05) is 0 Å². The van der Waals surface area contributed by atoms with Gasteiger partial charge >= 0.3 is 277 Å². The van der Waals surface area contributed by atoms with Crippen LogP contribution in [-0.4, -0.2) is 59.3 Å². The third kappa shape index (κ3) is 40.4. The second kappa shape index (κ2) is 42.5. The Morgan fingerprint density at radius 2 is 0.308 bits per heavy atom. The van der Waals surface area contributed by atoms with Gasteiger partial charge in [-0.2, -0.15) is 0 Å². The number of hydrogen-bond donors (Lipinski definition) is 0. The first-order valence-corrected chi connectivity index (χ1v) is 36.7. The standard InChI is InChI=1S/9C4H9.3Sn/c9*1-3-4-2;;;/h9*1,3-4H2,2H3;;;. The van der Waals surface area contributed by atoms with E-state index in [1.807, 2.05) is 0 Å². The minimum absolute atomic E-state index is 0.839. The third-order valence-corrected chi connectivity index (χ3v) is 35.2. The molecular weight excluding hydrogens is 789 g/mol. The van der Waals surface area contributed by atoms with Crippen LogP contribution < -0.4 is 0 Å². The number of unbranched alkanes of at least 4 members (excludes halogenated alkanes) is 9. The first-order chi connectivity index (χ1) is 19.0. The van der Waals surface area contributed by atoms with Crippen LogP contribution in [0.25, 0.3) is 0 Å². The van der Waals surface area contributed by atoms with E-state index in [0.29, 0.717) is 0 Å². The van der Waals surface area contributed by atoms with E-state index in [2.05, 4.69) is 62.3 Å². The van der Waals surface area contributed by atoms with Crippen LogP contribution >= 0.6 is 0 Å².